The van der Waals surface area contributed by atoms with E-state index in [1.165, 1.54) is 5.56 Å². The molecule has 0 unspecified atom stereocenters. The highest BCUT2D eigenvalue weighted by atomic mass is 35.5. The fraction of sp³-hybridized carbons (Fsp3) is 0.250. The Labute approximate surface area is 196 Å². The van der Waals surface area contributed by atoms with Crippen LogP contribution in [0.1, 0.15) is 34.5 Å². The second-order valence-corrected chi connectivity index (χ2v) is 8.41. The Hall–Kier alpha value is -3.65. The molecule has 9 heteroatoms. The zero-order valence-electron chi connectivity index (χ0n) is 18.3. The third-order valence-corrected chi connectivity index (χ3v) is 6.15. The zero-order valence-corrected chi connectivity index (χ0v) is 19.1. The van der Waals surface area contributed by atoms with Crippen molar-refractivity contribution in [3.05, 3.63) is 76.3 Å². The number of anilines is 2. The molecule has 0 bridgehead atoms. The van der Waals surface area contributed by atoms with Crippen LogP contribution in [0.4, 0.5) is 11.6 Å². The normalized spacial score (nSPS) is 12.5. The first kappa shape index (κ1) is 21.2. The van der Waals surface area contributed by atoms with E-state index in [1.807, 2.05) is 36.4 Å². The Bertz CT molecular complexity index is 1350. The number of hydrogen-bond acceptors (Lipinski definition) is 5. The number of halogens is 1. The average Bonchev–Trinajstić information content (AvgIpc) is 3.38. The molecule has 0 spiro atoms. The van der Waals surface area contributed by atoms with Crippen molar-refractivity contribution >= 4 is 40.2 Å². The standard InChI is InChI=1S/C24H24ClN7O/c1-2-31-19-12-16(25)8-9-18(19)32(14-15-6-4-3-5-7-15)20(31)13-28-24(33)21-22(26)30-23-17(29-21)10-11-27-23/h3-9,12H,2,10-11,13-14H2,1H3,(H3-,26,27,28,30,33)/p+1. The number of aryl methyl sites for hydroxylation is 1. The quantitative estimate of drug-likeness (QED) is 0.382. The van der Waals surface area contributed by atoms with Crippen molar-refractivity contribution in [2.45, 2.75) is 33.0 Å². The van der Waals surface area contributed by atoms with Crippen LogP contribution in [0.25, 0.3) is 11.0 Å². The van der Waals surface area contributed by atoms with Crippen molar-refractivity contribution in [2.24, 2.45) is 0 Å². The maximum Gasteiger partial charge on any atom is 0.277 e. The first-order chi connectivity index (χ1) is 16.0. The number of hydrogen-bond donors (Lipinski definition) is 3. The van der Waals surface area contributed by atoms with Gasteiger partial charge in [-0.15, -0.1) is 0 Å². The third-order valence-electron chi connectivity index (χ3n) is 5.91. The molecule has 0 radical (unpaired) electrons. The molecule has 0 saturated heterocycles. The predicted molar refractivity (Wildman–Crippen MR) is 128 cm³/mol. The number of nitrogen functional groups attached to an aromatic ring is 1. The minimum absolute atomic E-state index is 0.126. The lowest BCUT2D eigenvalue weighted by Crippen LogP contribution is -2.41. The van der Waals surface area contributed by atoms with Crippen molar-refractivity contribution < 1.29 is 9.36 Å². The summed E-state index contributed by atoms with van der Waals surface area (Å²) in [6.45, 7) is 4.54. The maximum atomic E-state index is 13.0. The molecule has 1 aliphatic rings. The minimum atomic E-state index is -0.341. The Kier molecular flexibility index (Phi) is 5.60. The summed E-state index contributed by atoms with van der Waals surface area (Å²) in [6, 6.07) is 16.1. The number of imidazole rings is 1. The number of nitrogens with two attached hydrogens (primary N) is 1. The van der Waals surface area contributed by atoms with Crippen LogP contribution < -0.4 is 20.9 Å². The monoisotopic (exact) mass is 462 g/mol. The number of amides is 1. The minimum Gasteiger partial charge on any atom is -0.382 e. The van der Waals surface area contributed by atoms with Crippen LogP contribution in [0.2, 0.25) is 5.02 Å². The molecule has 2 aromatic carbocycles. The van der Waals surface area contributed by atoms with Crippen molar-refractivity contribution in [1.29, 1.82) is 0 Å². The molecule has 168 valence electrons. The van der Waals surface area contributed by atoms with Crippen molar-refractivity contribution in [2.75, 3.05) is 17.6 Å². The van der Waals surface area contributed by atoms with E-state index in [-0.39, 0.29) is 17.4 Å². The van der Waals surface area contributed by atoms with Gasteiger partial charge in [-0.1, -0.05) is 41.9 Å². The predicted octanol–water partition coefficient (Wildman–Crippen LogP) is 2.92. The molecular weight excluding hydrogens is 438 g/mol. The molecule has 3 heterocycles. The first-order valence-corrected chi connectivity index (χ1v) is 11.4. The molecule has 1 aliphatic heterocycles. The van der Waals surface area contributed by atoms with Gasteiger partial charge in [-0.2, -0.15) is 0 Å². The van der Waals surface area contributed by atoms with Gasteiger partial charge in [-0.25, -0.2) is 19.1 Å². The van der Waals surface area contributed by atoms with E-state index >= 15 is 0 Å². The second kappa shape index (κ2) is 8.71. The topological polar surface area (TPSA) is 102 Å². The molecule has 0 fully saturated rings. The fourth-order valence-corrected chi connectivity index (χ4v) is 4.53. The SMILES string of the molecule is CCn1c(CNC(=O)c2nc3c(nc2N)NCC3)[n+](Cc2ccccc2)c2ccc(Cl)cc21. The Morgan fingerprint density at radius 1 is 1.24 bits per heavy atom. The highest BCUT2D eigenvalue weighted by molar-refractivity contribution is 6.31. The Morgan fingerprint density at radius 2 is 2.06 bits per heavy atom. The number of benzene rings is 2. The fourth-order valence-electron chi connectivity index (χ4n) is 4.36. The Morgan fingerprint density at radius 3 is 2.85 bits per heavy atom. The molecular formula is C24H25ClN7O+. The number of rotatable bonds is 6. The summed E-state index contributed by atoms with van der Waals surface area (Å²) in [5.74, 6) is 1.40. The van der Waals surface area contributed by atoms with Gasteiger partial charge in [-0.05, 0) is 24.6 Å². The molecule has 2 aromatic heterocycles. The molecule has 4 N–H and O–H groups in total. The van der Waals surface area contributed by atoms with Gasteiger partial charge in [0, 0.05) is 24.1 Å². The van der Waals surface area contributed by atoms with E-state index in [4.69, 9.17) is 17.3 Å². The molecule has 0 aliphatic carbocycles. The number of nitrogens with one attached hydrogen (secondary N) is 2. The van der Waals surface area contributed by atoms with Gasteiger partial charge in [0.1, 0.15) is 18.9 Å². The molecule has 5 rings (SSSR count). The Balaban J connectivity index is 1.50. The van der Waals surface area contributed by atoms with E-state index in [0.29, 0.717) is 23.9 Å². The molecule has 8 nitrogen and oxygen atoms in total. The number of nitrogens with zero attached hydrogens (tertiary/aromatic N) is 4. The van der Waals surface area contributed by atoms with E-state index in [9.17, 15) is 4.79 Å². The summed E-state index contributed by atoms with van der Waals surface area (Å²) >= 11 is 6.31. The molecule has 1 amide bonds. The van der Waals surface area contributed by atoms with Crippen molar-refractivity contribution in [3.8, 4) is 0 Å². The van der Waals surface area contributed by atoms with E-state index in [1.54, 1.807) is 0 Å². The van der Waals surface area contributed by atoms with E-state index in [0.717, 1.165) is 42.1 Å². The van der Waals surface area contributed by atoms with E-state index < -0.39 is 0 Å². The summed E-state index contributed by atoms with van der Waals surface area (Å²) in [6.07, 6.45) is 0.727. The number of carbonyl (C=O) groups is 1. The lowest BCUT2D eigenvalue weighted by Gasteiger charge is -2.09. The summed E-state index contributed by atoms with van der Waals surface area (Å²) in [4.78, 5) is 21.8. The molecule has 4 aromatic rings. The smallest absolute Gasteiger partial charge is 0.277 e. The van der Waals surface area contributed by atoms with Gasteiger partial charge in [0.2, 0.25) is 0 Å². The van der Waals surface area contributed by atoms with Crippen LogP contribution >= 0.6 is 11.6 Å². The first-order valence-electron chi connectivity index (χ1n) is 11.0. The zero-order chi connectivity index (χ0) is 22.9. The average molecular weight is 463 g/mol. The molecule has 0 atom stereocenters. The van der Waals surface area contributed by atoms with Crippen LogP contribution in [0.15, 0.2) is 48.5 Å². The third kappa shape index (κ3) is 3.98. The molecule has 0 saturated carbocycles. The molecule has 33 heavy (non-hydrogen) atoms. The summed E-state index contributed by atoms with van der Waals surface area (Å²) in [5.41, 5.74) is 10.2. The van der Waals surface area contributed by atoms with Gasteiger partial charge < -0.3 is 16.4 Å². The largest absolute Gasteiger partial charge is 0.382 e. The highest BCUT2D eigenvalue weighted by Crippen LogP contribution is 2.22. The lowest BCUT2D eigenvalue weighted by atomic mass is 10.2. The maximum absolute atomic E-state index is 13.0. The van der Waals surface area contributed by atoms with Crippen LogP contribution in [-0.4, -0.2) is 27.0 Å². The van der Waals surface area contributed by atoms with Gasteiger partial charge in [0.05, 0.1) is 12.2 Å². The van der Waals surface area contributed by atoms with E-state index in [2.05, 4.69) is 48.8 Å². The summed E-state index contributed by atoms with van der Waals surface area (Å²) < 4.78 is 4.39. The number of aromatic nitrogens is 4. The van der Waals surface area contributed by atoms with Gasteiger partial charge in [0.15, 0.2) is 22.5 Å². The number of carbonyl (C=O) groups excluding carboxylic acids is 1. The number of fused-ring (bicyclic) bond motifs is 2. The van der Waals surface area contributed by atoms with Crippen LogP contribution in [0, 0.1) is 0 Å². The summed E-state index contributed by atoms with van der Waals surface area (Å²) in [7, 11) is 0. The summed E-state index contributed by atoms with van der Waals surface area (Å²) in [5, 5.41) is 6.81. The van der Waals surface area contributed by atoms with Gasteiger partial charge >= 0.3 is 0 Å². The van der Waals surface area contributed by atoms with Crippen molar-refractivity contribution in [1.82, 2.24) is 19.9 Å². The van der Waals surface area contributed by atoms with Crippen molar-refractivity contribution in [3.63, 3.8) is 0 Å². The van der Waals surface area contributed by atoms with Gasteiger partial charge in [-0.3, -0.25) is 4.79 Å². The second-order valence-electron chi connectivity index (χ2n) is 7.98. The van der Waals surface area contributed by atoms with Gasteiger partial charge in [0.25, 0.3) is 11.7 Å². The lowest BCUT2D eigenvalue weighted by molar-refractivity contribution is -0.671. The highest BCUT2D eigenvalue weighted by Gasteiger charge is 2.26. The van der Waals surface area contributed by atoms with Crippen LogP contribution in [0.5, 0.6) is 0 Å². The van der Waals surface area contributed by atoms with Crippen LogP contribution in [0.3, 0.4) is 0 Å². The van der Waals surface area contributed by atoms with Crippen LogP contribution in [-0.2, 0) is 26.1 Å².